The molecule has 0 amide bonds. The van der Waals surface area contributed by atoms with Gasteiger partial charge in [-0.3, -0.25) is 25.0 Å². The van der Waals surface area contributed by atoms with Crippen molar-refractivity contribution in [3.63, 3.8) is 0 Å². The highest BCUT2D eigenvalue weighted by Gasteiger charge is 2.19. The van der Waals surface area contributed by atoms with Crippen molar-refractivity contribution >= 4 is 17.3 Å². The molecule has 13 nitrogen and oxygen atoms in total. The van der Waals surface area contributed by atoms with Gasteiger partial charge >= 0.3 is 5.97 Å². The van der Waals surface area contributed by atoms with E-state index in [0.717, 1.165) is 77.0 Å². The molecule has 0 aromatic heterocycles. The third kappa shape index (κ3) is 16.1. The molecule has 0 bridgehead atoms. The molecule has 0 saturated carbocycles. The SMILES string of the molecule is CC(=O)OCCCCCCCCOc1cccc([N+](=O)[O-])c1C#N.N#Cc1c(OCCCCCCCCO)cccc1[N+](=O)[O-]. The number of nitro groups is 2. The number of carbonyl (C=O) groups excluding carboxylic acids is 1. The summed E-state index contributed by atoms with van der Waals surface area (Å²) in [6.07, 6.45) is 11.6. The van der Waals surface area contributed by atoms with E-state index in [9.17, 15) is 25.0 Å². The lowest BCUT2D eigenvalue weighted by Gasteiger charge is -2.08. The second kappa shape index (κ2) is 23.7. The van der Waals surface area contributed by atoms with Crippen LogP contribution in [0.1, 0.15) is 95.1 Å². The van der Waals surface area contributed by atoms with Crippen molar-refractivity contribution in [2.75, 3.05) is 26.4 Å². The Bertz CT molecular complexity index is 1290. The molecule has 0 aliphatic heterocycles. The Balaban J connectivity index is 0.000000454. The van der Waals surface area contributed by atoms with Crippen molar-refractivity contribution < 1.29 is 34.0 Å². The summed E-state index contributed by atoms with van der Waals surface area (Å²) in [7, 11) is 0. The van der Waals surface area contributed by atoms with Crippen molar-refractivity contribution in [1.82, 2.24) is 0 Å². The van der Waals surface area contributed by atoms with E-state index in [-0.39, 0.29) is 46.6 Å². The van der Waals surface area contributed by atoms with Gasteiger partial charge in [0.2, 0.25) is 0 Å². The van der Waals surface area contributed by atoms with Crippen LogP contribution in [0.25, 0.3) is 0 Å². The average molecular weight is 627 g/mol. The first-order valence-corrected chi connectivity index (χ1v) is 15.1. The molecule has 2 aromatic rings. The molecule has 0 aliphatic rings. The molecule has 0 radical (unpaired) electrons. The summed E-state index contributed by atoms with van der Waals surface area (Å²) < 4.78 is 15.8. The summed E-state index contributed by atoms with van der Waals surface area (Å²) >= 11 is 0. The van der Waals surface area contributed by atoms with Crippen LogP contribution in [0.4, 0.5) is 11.4 Å². The lowest BCUT2D eigenvalue weighted by molar-refractivity contribution is -0.385. The Morgan fingerprint density at radius 2 is 1.07 bits per heavy atom. The number of nitriles is 2. The zero-order chi connectivity index (χ0) is 33.3. The molecule has 0 fully saturated rings. The molecule has 0 unspecified atom stereocenters. The number of aliphatic hydroxyl groups excluding tert-OH is 1. The maximum Gasteiger partial charge on any atom is 0.302 e. The highest BCUT2D eigenvalue weighted by atomic mass is 16.6. The largest absolute Gasteiger partial charge is 0.492 e. The van der Waals surface area contributed by atoms with E-state index in [4.69, 9.17) is 29.8 Å². The maximum atomic E-state index is 10.9. The van der Waals surface area contributed by atoms with E-state index in [2.05, 4.69) is 0 Å². The quantitative estimate of drug-likeness (QED) is 0.0652. The molecule has 0 aliphatic carbocycles. The summed E-state index contributed by atoms with van der Waals surface area (Å²) in [6, 6.07) is 12.4. The highest BCUT2D eigenvalue weighted by Crippen LogP contribution is 2.28. The second-order valence-corrected chi connectivity index (χ2v) is 10.0. The van der Waals surface area contributed by atoms with Crippen molar-refractivity contribution in [2.45, 2.75) is 84.0 Å². The molecule has 13 heteroatoms. The van der Waals surface area contributed by atoms with Gasteiger partial charge in [-0.15, -0.1) is 0 Å². The highest BCUT2D eigenvalue weighted by molar-refractivity contribution is 5.65. The van der Waals surface area contributed by atoms with Crippen LogP contribution >= 0.6 is 0 Å². The number of esters is 1. The predicted octanol–water partition coefficient (Wildman–Crippen LogP) is 6.93. The van der Waals surface area contributed by atoms with Crippen LogP contribution in [-0.2, 0) is 9.53 Å². The Labute approximate surface area is 263 Å². The zero-order valence-corrected chi connectivity index (χ0v) is 25.8. The molecule has 0 atom stereocenters. The minimum atomic E-state index is -0.582. The molecule has 45 heavy (non-hydrogen) atoms. The number of nitro benzene ring substituents is 2. The minimum absolute atomic E-state index is 0.0227. The first-order chi connectivity index (χ1) is 21.8. The van der Waals surface area contributed by atoms with Gasteiger partial charge in [-0.2, -0.15) is 10.5 Å². The number of nitrogens with zero attached hydrogens (tertiary/aromatic N) is 4. The monoisotopic (exact) mass is 626 g/mol. The fourth-order valence-corrected chi connectivity index (χ4v) is 4.22. The molecule has 2 rings (SSSR count). The maximum absolute atomic E-state index is 10.9. The Hall–Kier alpha value is -4.75. The van der Waals surface area contributed by atoms with E-state index in [1.54, 1.807) is 12.1 Å². The van der Waals surface area contributed by atoms with Crippen molar-refractivity contribution in [3.05, 3.63) is 67.8 Å². The summed E-state index contributed by atoms with van der Waals surface area (Å²) in [5.74, 6) is 0.282. The van der Waals surface area contributed by atoms with Crippen LogP contribution in [0.3, 0.4) is 0 Å². The Morgan fingerprint density at radius 1 is 0.689 bits per heavy atom. The van der Waals surface area contributed by atoms with Gasteiger partial charge in [-0.1, -0.05) is 63.5 Å². The van der Waals surface area contributed by atoms with E-state index in [0.29, 0.717) is 19.8 Å². The van der Waals surface area contributed by atoms with E-state index >= 15 is 0 Å². The van der Waals surface area contributed by atoms with Crippen LogP contribution in [0.5, 0.6) is 11.5 Å². The first-order valence-electron chi connectivity index (χ1n) is 15.1. The Morgan fingerprint density at radius 3 is 1.42 bits per heavy atom. The molecule has 2 aromatic carbocycles. The molecular formula is C32H42N4O9. The standard InChI is InChI=1S/C17H22N2O5.C15H20N2O4/c1-14(20)23-11-6-4-2-3-5-7-12-24-17-10-8-9-16(19(21)22)15(17)13-18;16-12-13-14(17(19)20)8-7-9-15(13)21-11-6-4-2-1-3-5-10-18/h8-10H,2-7,11-12H2,1H3;7-9,18H,1-6,10-11H2. The summed E-state index contributed by atoms with van der Waals surface area (Å²) in [4.78, 5) is 31.1. The fourth-order valence-electron chi connectivity index (χ4n) is 4.22. The first kappa shape index (κ1) is 38.3. The molecule has 0 heterocycles. The average Bonchev–Trinajstić information content (AvgIpc) is 3.02. The van der Waals surface area contributed by atoms with E-state index in [1.807, 2.05) is 12.1 Å². The van der Waals surface area contributed by atoms with Crippen molar-refractivity contribution in [1.29, 1.82) is 10.5 Å². The molecule has 0 saturated heterocycles. The van der Waals surface area contributed by atoms with Crippen molar-refractivity contribution in [3.8, 4) is 23.6 Å². The lowest BCUT2D eigenvalue weighted by atomic mass is 10.1. The van der Waals surface area contributed by atoms with E-state index in [1.165, 1.54) is 31.2 Å². The summed E-state index contributed by atoms with van der Waals surface area (Å²) in [5, 5.41) is 48.4. The number of hydrogen-bond acceptors (Lipinski definition) is 11. The third-order valence-electron chi connectivity index (χ3n) is 6.54. The van der Waals surface area contributed by atoms with Gasteiger partial charge in [0.25, 0.3) is 11.4 Å². The van der Waals surface area contributed by atoms with Gasteiger partial charge in [0.05, 0.1) is 29.7 Å². The summed E-state index contributed by atoms with van der Waals surface area (Å²) in [5.41, 5.74) is -0.514. The topological polar surface area (TPSA) is 199 Å². The number of aliphatic hydroxyl groups is 1. The van der Waals surface area contributed by atoms with Crippen LogP contribution in [-0.4, -0.2) is 47.3 Å². The number of rotatable bonds is 21. The van der Waals surface area contributed by atoms with Gasteiger partial charge < -0.3 is 19.3 Å². The van der Waals surface area contributed by atoms with Gasteiger partial charge in [0, 0.05) is 25.7 Å². The second-order valence-electron chi connectivity index (χ2n) is 10.0. The van der Waals surface area contributed by atoms with Crippen molar-refractivity contribution in [2.24, 2.45) is 0 Å². The third-order valence-corrected chi connectivity index (χ3v) is 6.54. The molecular weight excluding hydrogens is 584 g/mol. The van der Waals surface area contributed by atoms with Crippen LogP contribution in [0.15, 0.2) is 36.4 Å². The number of ether oxygens (including phenoxy) is 3. The number of benzene rings is 2. The normalized spacial score (nSPS) is 10.0. The molecule has 0 spiro atoms. The molecule has 1 N–H and O–H groups in total. The number of unbranched alkanes of at least 4 members (excludes halogenated alkanes) is 10. The zero-order valence-electron chi connectivity index (χ0n) is 25.8. The van der Waals surface area contributed by atoms with Gasteiger partial charge in [-0.25, -0.2) is 0 Å². The van der Waals surface area contributed by atoms with Crippen LogP contribution in [0.2, 0.25) is 0 Å². The fraction of sp³-hybridized carbons (Fsp3) is 0.531. The van der Waals surface area contributed by atoms with Gasteiger partial charge in [-0.05, 0) is 37.8 Å². The minimum Gasteiger partial charge on any atom is -0.492 e. The number of hydrogen-bond donors (Lipinski definition) is 1. The van der Waals surface area contributed by atoms with E-state index < -0.39 is 9.85 Å². The Kier molecular flexibility index (Phi) is 20.1. The lowest BCUT2D eigenvalue weighted by Crippen LogP contribution is -2.01. The van der Waals surface area contributed by atoms with Gasteiger partial charge in [0.1, 0.15) is 23.6 Å². The smallest absolute Gasteiger partial charge is 0.302 e. The summed E-state index contributed by atoms with van der Waals surface area (Å²) in [6.45, 7) is 2.98. The number of carbonyl (C=O) groups is 1. The van der Waals surface area contributed by atoms with Gasteiger partial charge in [0.15, 0.2) is 11.1 Å². The van der Waals surface area contributed by atoms with Crippen LogP contribution < -0.4 is 9.47 Å². The molecule has 244 valence electrons. The predicted molar refractivity (Wildman–Crippen MR) is 166 cm³/mol. The van der Waals surface area contributed by atoms with Crippen LogP contribution in [0, 0.1) is 42.9 Å².